The molecule has 22 heavy (non-hydrogen) atoms. The molecule has 0 saturated carbocycles. The molecule has 1 aliphatic rings. The lowest BCUT2D eigenvalue weighted by Crippen LogP contribution is -2.52. The van der Waals surface area contributed by atoms with Crippen molar-refractivity contribution < 1.29 is 27.5 Å². The minimum atomic E-state index is -3.47. The number of carbonyl (C=O) groups is 2. The molecule has 1 amide bonds. The van der Waals surface area contributed by atoms with Crippen LogP contribution in [0.3, 0.4) is 0 Å². The smallest absolute Gasteiger partial charge is 0.326 e. The number of halogens is 1. The number of hydrogen-bond acceptors (Lipinski definition) is 4. The monoisotopic (exact) mass is 329 g/mol. The molecule has 1 fully saturated rings. The molecule has 120 valence electrons. The van der Waals surface area contributed by atoms with Crippen molar-refractivity contribution >= 4 is 21.7 Å². The molecule has 0 bridgehead atoms. The van der Waals surface area contributed by atoms with Gasteiger partial charge in [-0.2, -0.15) is 0 Å². The minimum absolute atomic E-state index is 0.119. The van der Waals surface area contributed by atoms with Crippen LogP contribution < -0.4 is 0 Å². The Morgan fingerprint density at radius 3 is 2.68 bits per heavy atom. The van der Waals surface area contributed by atoms with Gasteiger partial charge in [-0.05, 0) is 36.6 Å². The molecule has 1 atom stereocenters. The molecule has 8 heteroatoms. The minimum Gasteiger partial charge on any atom is -0.480 e. The summed E-state index contributed by atoms with van der Waals surface area (Å²) >= 11 is 0. The Morgan fingerprint density at radius 1 is 1.41 bits per heavy atom. The molecule has 1 saturated heterocycles. The zero-order chi connectivity index (χ0) is 16.5. The quantitative estimate of drug-likeness (QED) is 0.883. The number of benzene rings is 1. The summed E-state index contributed by atoms with van der Waals surface area (Å²) < 4.78 is 36.4. The Morgan fingerprint density at radius 2 is 2.09 bits per heavy atom. The van der Waals surface area contributed by atoms with Crippen molar-refractivity contribution in [2.75, 3.05) is 11.6 Å². The maximum Gasteiger partial charge on any atom is 0.326 e. The lowest BCUT2D eigenvalue weighted by molar-refractivity contribution is -0.149. The summed E-state index contributed by atoms with van der Waals surface area (Å²) in [6.07, 6.45) is -0.281. The van der Waals surface area contributed by atoms with E-state index in [0.29, 0.717) is 11.1 Å². The van der Waals surface area contributed by atoms with Gasteiger partial charge in [-0.3, -0.25) is 4.79 Å². The van der Waals surface area contributed by atoms with E-state index in [0.717, 1.165) is 4.90 Å². The van der Waals surface area contributed by atoms with E-state index < -0.39 is 39.4 Å². The summed E-state index contributed by atoms with van der Waals surface area (Å²) in [6, 6.07) is 2.77. The van der Waals surface area contributed by atoms with E-state index in [1.807, 2.05) is 0 Å². The predicted octanol–water partition coefficient (Wildman–Crippen LogP) is 0.734. The second-order valence-electron chi connectivity index (χ2n) is 5.33. The zero-order valence-corrected chi connectivity index (χ0v) is 12.8. The molecule has 1 N–H and O–H groups in total. The second kappa shape index (κ2) is 6.04. The number of aryl methyl sites for hydroxylation is 1. The third kappa shape index (κ3) is 3.62. The van der Waals surface area contributed by atoms with Gasteiger partial charge in [-0.25, -0.2) is 17.6 Å². The molecule has 2 rings (SSSR count). The van der Waals surface area contributed by atoms with Crippen LogP contribution in [0.5, 0.6) is 0 Å². The average Bonchev–Trinajstić information content (AvgIpc) is 2.40. The number of nitrogens with zero attached hydrogens (tertiary/aromatic N) is 1. The first kappa shape index (κ1) is 16.4. The van der Waals surface area contributed by atoms with Gasteiger partial charge < -0.3 is 10.0 Å². The van der Waals surface area contributed by atoms with Crippen LogP contribution in [0.15, 0.2) is 18.2 Å². The Hall–Kier alpha value is -1.96. The molecule has 0 spiro atoms. The maximum atomic E-state index is 13.1. The number of aliphatic carboxylic acids is 1. The van der Waals surface area contributed by atoms with Gasteiger partial charge in [0.15, 0.2) is 9.84 Å². The van der Waals surface area contributed by atoms with Crippen LogP contribution >= 0.6 is 0 Å². The molecular weight excluding hydrogens is 313 g/mol. The number of amides is 1. The van der Waals surface area contributed by atoms with Gasteiger partial charge in [0.05, 0.1) is 12.2 Å². The predicted molar refractivity (Wildman–Crippen MR) is 76.4 cm³/mol. The third-order valence-corrected chi connectivity index (χ3v) is 5.20. The highest BCUT2D eigenvalue weighted by molar-refractivity contribution is 7.91. The number of carboxylic acid groups (broad SMARTS) is 1. The topological polar surface area (TPSA) is 91.8 Å². The van der Waals surface area contributed by atoms with Gasteiger partial charge in [-0.1, -0.05) is 6.07 Å². The highest BCUT2D eigenvalue weighted by Gasteiger charge is 2.38. The second-order valence-corrected chi connectivity index (χ2v) is 7.48. The van der Waals surface area contributed by atoms with Crippen molar-refractivity contribution in [3.8, 4) is 0 Å². The van der Waals surface area contributed by atoms with Crippen molar-refractivity contribution in [1.82, 2.24) is 4.90 Å². The Labute approximate surface area is 127 Å². The average molecular weight is 329 g/mol. The standard InChI is InChI=1S/C14H16FNO5S/c1-9-6-11(15)3-2-10(9)7-13(17)16-8-22(20,21)5-4-12(16)14(18)19/h2-3,6,12H,4-5,7-8H2,1H3,(H,18,19). The molecule has 0 radical (unpaired) electrons. The molecule has 1 aromatic carbocycles. The summed E-state index contributed by atoms with van der Waals surface area (Å²) in [7, 11) is -3.47. The van der Waals surface area contributed by atoms with E-state index >= 15 is 0 Å². The summed E-state index contributed by atoms with van der Waals surface area (Å²) in [5.41, 5.74) is 1.10. The lowest BCUT2D eigenvalue weighted by Gasteiger charge is -2.32. The largest absolute Gasteiger partial charge is 0.480 e. The molecule has 1 heterocycles. The van der Waals surface area contributed by atoms with Crippen molar-refractivity contribution in [2.24, 2.45) is 0 Å². The molecular formula is C14H16FNO5S. The summed E-state index contributed by atoms with van der Waals surface area (Å²) in [5, 5.41) is 9.15. The number of rotatable bonds is 3. The van der Waals surface area contributed by atoms with E-state index in [1.54, 1.807) is 6.92 Å². The third-order valence-electron chi connectivity index (χ3n) is 3.67. The SMILES string of the molecule is Cc1cc(F)ccc1CC(=O)N1CS(=O)(=O)CCC1C(=O)O. The van der Waals surface area contributed by atoms with Gasteiger partial charge >= 0.3 is 5.97 Å². The van der Waals surface area contributed by atoms with Crippen LogP contribution in [0.4, 0.5) is 4.39 Å². The van der Waals surface area contributed by atoms with Crippen LogP contribution in [0, 0.1) is 12.7 Å². The van der Waals surface area contributed by atoms with Crippen molar-refractivity contribution in [2.45, 2.75) is 25.8 Å². The van der Waals surface area contributed by atoms with Crippen LogP contribution in [0.1, 0.15) is 17.5 Å². The first-order valence-corrected chi connectivity index (χ1v) is 8.49. The van der Waals surface area contributed by atoms with Crippen LogP contribution in [0.2, 0.25) is 0 Å². The fraction of sp³-hybridized carbons (Fsp3) is 0.429. The fourth-order valence-electron chi connectivity index (χ4n) is 2.44. The van der Waals surface area contributed by atoms with Gasteiger partial charge in [0, 0.05) is 0 Å². The van der Waals surface area contributed by atoms with E-state index in [1.165, 1.54) is 18.2 Å². The highest BCUT2D eigenvalue weighted by Crippen LogP contribution is 2.19. The van der Waals surface area contributed by atoms with Gasteiger partial charge in [0.1, 0.15) is 17.7 Å². The Bertz CT molecular complexity index is 716. The zero-order valence-electron chi connectivity index (χ0n) is 12.0. The van der Waals surface area contributed by atoms with Crippen molar-refractivity contribution in [3.05, 3.63) is 35.1 Å². The lowest BCUT2D eigenvalue weighted by atomic mass is 10.0. The fourth-order valence-corrected chi connectivity index (χ4v) is 3.90. The number of sulfone groups is 1. The van der Waals surface area contributed by atoms with Crippen LogP contribution in [0.25, 0.3) is 0 Å². The summed E-state index contributed by atoms with van der Waals surface area (Å²) in [5.74, 6) is -3.09. The van der Waals surface area contributed by atoms with Crippen molar-refractivity contribution in [1.29, 1.82) is 0 Å². The first-order chi connectivity index (χ1) is 10.2. The summed E-state index contributed by atoms with van der Waals surface area (Å²) in [6.45, 7) is 1.63. The van der Waals surface area contributed by atoms with E-state index in [2.05, 4.69) is 0 Å². The number of carboxylic acids is 1. The van der Waals surface area contributed by atoms with Gasteiger partial charge in [0.2, 0.25) is 5.91 Å². The summed E-state index contributed by atoms with van der Waals surface area (Å²) in [4.78, 5) is 24.4. The maximum absolute atomic E-state index is 13.1. The van der Waals surface area contributed by atoms with Crippen molar-refractivity contribution in [3.63, 3.8) is 0 Å². The Kier molecular flexibility index (Phi) is 4.50. The molecule has 0 aromatic heterocycles. The molecule has 1 aliphatic heterocycles. The molecule has 1 aromatic rings. The molecule has 0 aliphatic carbocycles. The highest BCUT2D eigenvalue weighted by atomic mass is 32.2. The van der Waals surface area contributed by atoms with Crippen LogP contribution in [-0.2, 0) is 25.8 Å². The molecule has 1 unspecified atom stereocenters. The normalized spacial score (nSPS) is 20.6. The number of hydrogen-bond donors (Lipinski definition) is 1. The number of carbonyl (C=O) groups excluding carboxylic acids is 1. The molecule has 6 nitrogen and oxygen atoms in total. The van der Waals surface area contributed by atoms with E-state index in [9.17, 15) is 22.4 Å². The van der Waals surface area contributed by atoms with Crippen LogP contribution in [-0.4, -0.2) is 48.0 Å². The first-order valence-electron chi connectivity index (χ1n) is 6.67. The van der Waals surface area contributed by atoms with Gasteiger partial charge in [0.25, 0.3) is 0 Å². The van der Waals surface area contributed by atoms with E-state index in [4.69, 9.17) is 5.11 Å². The van der Waals surface area contributed by atoms with E-state index in [-0.39, 0.29) is 18.6 Å². The Balaban J connectivity index is 2.23. The van der Waals surface area contributed by atoms with Gasteiger partial charge in [-0.15, -0.1) is 0 Å².